The van der Waals surface area contributed by atoms with Gasteiger partial charge in [-0.3, -0.25) is 9.69 Å². The number of benzene rings is 1. The Bertz CT molecular complexity index is 686. The zero-order valence-electron chi connectivity index (χ0n) is 18.7. The number of guanidine groups is 1. The van der Waals surface area contributed by atoms with Gasteiger partial charge in [-0.25, -0.2) is 4.99 Å². The molecule has 2 fully saturated rings. The molecule has 0 radical (unpaired) electrons. The van der Waals surface area contributed by atoms with Gasteiger partial charge in [0.2, 0.25) is 5.91 Å². The summed E-state index contributed by atoms with van der Waals surface area (Å²) in [6, 6.07) is 10.6. The molecule has 1 atom stereocenters. The van der Waals surface area contributed by atoms with E-state index in [4.69, 9.17) is 4.74 Å². The summed E-state index contributed by atoms with van der Waals surface area (Å²) < 4.78 is 6.13. The van der Waals surface area contributed by atoms with Crippen molar-refractivity contribution in [2.45, 2.75) is 44.8 Å². The summed E-state index contributed by atoms with van der Waals surface area (Å²) in [7, 11) is 3.55. The van der Waals surface area contributed by atoms with Crippen molar-refractivity contribution in [3.63, 3.8) is 0 Å². The van der Waals surface area contributed by atoms with Gasteiger partial charge in [0.25, 0.3) is 0 Å². The van der Waals surface area contributed by atoms with E-state index in [-0.39, 0.29) is 18.6 Å². The molecular formula is C23H37N5O2. The van der Waals surface area contributed by atoms with Crippen molar-refractivity contribution in [2.75, 3.05) is 53.4 Å². The molecule has 1 aromatic rings. The van der Waals surface area contributed by atoms with Crippen LogP contribution in [0, 0.1) is 0 Å². The number of carbonyl (C=O) groups excluding carboxylic acids is 1. The van der Waals surface area contributed by atoms with Crippen LogP contribution in [-0.2, 0) is 4.79 Å². The maximum atomic E-state index is 12.1. The number of nitrogens with one attached hydrogen (secondary N) is 1. The van der Waals surface area contributed by atoms with Gasteiger partial charge in [0.1, 0.15) is 18.4 Å². The van der Waals surface area contributed by atoms with Crippen molar-refractivity contribution in [2.24, 2.45) is 4.99 Å². The lowest BCUT2D eigenvalue weighted by molar-refractivity contribution is -0.127. The van der Waals surface area contributed by atoms with Crippen LogP contribution in [0.1, 0.15) is 32.6 Å². The van der Waals surface area contributed by atoms with Crippen molar-refractivity contribution in [3.05, 3.63) is 30.3 Å². The molecule has 1 unspecified atom stereocenters. The van der Waals surface area contributed by atoms with Gasteiger partial charge >= 0.3 is 0 Å². The first kappa shape index (κ1) is 22.4. The molecule has 1 N–H and O–H groups in total. The minimum atomic E-state index is 0.0210. The molecule has 1 aromatic carbocycles. The molecule has 0 aliphatic carbocycles. The smallest absolute Gasteiger partial charge is 0.243 e. The number of rotatable bonds is 7. The minimum absolute atomic E-state index is 0.0210. The van der Waals surface area contributed by atoms with E-state index >= 15 is 0 Å². The molecule has 0 saturated carbocycles. The highest BCUT2D eigenvalue weighted by Gasteiger charge is 2.26. The van der Waals surface area contributed by atoms with Crippen molar-refractivity contribution in [1.29, 1.82) is 0 Å². The first-order valence-electron chi connectivity index (χ1n) is 11.3. The number of hydrogen-bond acceptors (Lipinski definition) is 4. The highest BCUT2D eigenvalue weighted by Crippen LogP contribution is 2.19. The van der Waals surface area contributed by atoms with Crippen LogP contribution in [-0.4, -0.2) is 92.1 Å². The largest absolute Gasteiger partial charge is 0.490 e. The fourth-order valence-electron chi connectivity index (χ4n) is 4.18. The van der Waals surface area contributed by atoms with E-state index in [1.54, 1.807) is 19.0 Å². The Balaban J connectivity index is 1.57. The molecular weight excluding hydrogens is 378 g/mol. The predicted molar refractivity (Wildman–Crippen MR) is 121 cm³/mol. The second kappa shape index (κ2) is 11.2. The van der Waals surface area contributed by atoms with E-state index in [0.29, 0.717) is 6.04 Å². The monoisotopic (exact) mass is 415 g/mol. The van der Waals surface area contributed by atoms with Crippen LogP contribution in [0.2, 0.25) is 0 Å². The van der Waals surface area contributed by atoms with Gasteiger partial charge in [0.05, 0.1) is 0 Å². The molecule has 1 amide bonds. The van der Waals surface area contributed by atoms with Crippen LogP contribution in [0.3, 0.4) is 0 Å². The molecule has 7 heteroatoms. The Hall–Kier alpha value is -2.28. The topological polar surface area (TPSA) is 60.4 Å². The Morgan fingerprint density at radius 3 is 2.57 bits per heavy atom. The van der Waals surface area contributed by atoms with E-state index in [0.717, 1.165) is 50.7 Å². The zero-order valence-corrected chi connectivity index (χ0v) is 18.7. The van der Waals surface area contributed by atoms with Crippen LogP contribution in [0.25, 0.3) is 0 Å². The van der Waals surface area contributed by atoms with Gasteiger partial charge in [-0.15, -0.1) is 0 Å². The Morgan fingerprint density at radius 1 is 1.17 bits per heavy atom. The summed E-state index contributed by atoms with van der Waals surface area (Å²) in [6.45, 7) is 7.29. The summed E-state index contributed by atoms with van der Waals surface area (Å²) >= 11 is 0. The van der Waals surface area contributed by atoms with Gasteiger partial charge in [-0.2, -0.15) is 0 Å². The maximum Gasteiger partial charge on any atom is 0.243 e. The molecule has 2 saturated heterocycles. The van der Waals surface area contributed by atoms with E-state index in [2.05, 4.69) is 27.0 Å². The maximum absolute atomic E-state index is 12.1. The average Bonchev–Trinajstić information content (AvgIpc) is 3.22. The third-order valence-electron chi connectivity index (χ3n) is 6.05. The lowest BCUT2D eigenvalue weighted by atomic mass is 10.1. The van der Waals surface area contributed by atoms with E-state index in [1.807, 2.05) is 30.3 Å². The Kier molecular flexibility index (Phi) is 8.37. The Morgan fingerprint density at radius 2 is 1.90 bits per heavy atom. The molecule has 2 aliphatic heterocycles. The number of para-hydroxylation sites is 1. The second-order valence-electron chi connectivity index (χ2n) is 8.35. The summed E-state index contributed by atoms with van der Waals surface area (Å²) in [5.41, 5.74) is 0. The number of likely N-dealkylation sites (tertiary alicyclic amines) is 2. The number of aliphatic imine (C=N–C) groups is 1. The number of carbonyl (C=O) groups is 1. The summed E-state index contributed by atoms with van der Waals surface area (Å²) in [4.78, 5) is 23.2. The van der Waals surface area contributed by atoms with Crippen molar-refractivity contribution in [3.8, 4) is 5.75 Å². The van der Waals surface area contributed by atoms with Crippen LogP contribution in [0.15, 0.2) is 35.3 Å². The zero-order chi connectivity index (χ0) is 21.3. The van der Waals surface area contributed by atoms with Gasteiger partial charge < -0.3 is 19.9 Å². The van der Waals surface area contributed by atoms with Crippen molar-refractivity contribution >= 4 is 11.9 Å². The van der Waals surface area contributed by atoms with Crippen LogP contribution >= 0.6 is 0 Å². The van der Waals surface area contributed by atoms with E-state index < -0.39 is 0 Å². The van der Waals surface area contributed by atoms with Gasteiger partial charge in [0.15, 0.2) is 5.96 Å². The molecule has 0 bridgehead atoms. The molecule has 0 aromatic heterocycles. The number of hydrogen-bond donors (Lipinski definition) is 1. The highest BCUT2D eigenvalue weighted by molar-refractivity contribution is 5.85. The Labute approximate surface area is 181 Å². The lowest BCUT2D eigenvalue weighted by Crippen LogP contribution is -2.50. The lowest BCUT2D eigenvalue weighted by Gasteiger charge is -2.35. The SMILES string of the molecule is CCN1CCCC1CNC(=NCC(=O)N(C)C)N1CCC(Oc2ccccc2)CC1. The van der Waals surface area contributed by atoms with Crippen molar-refractivity contribution < 1.29 is 9.53 Å². The van der Waals surface area contributed by atoms with E-state index in [9.17, 15) is 4.79 Å². The normalized spacial score (nSPS) is 21.0. The van der Waals surface area contributed by atoms with Crippen LogP contribution < -0.4 is 10.1 Å². The molecule has 2 aliphatic rings. The molecule has 3 rings (SSSR count). The minimum Gasteiger partial charge on any atom is -0.490 e. The van der Waals surface area contributed by atoms with Crippen molar-refractivity contribution in [1.82, 2.24) is 20.0 Å². The highest BCUT2D eigenvalue weighted by atomic mass is 16.5. The molecule has 7 nitrogen and oxygen atoms in total. The number of amides is 1. The average molecular weight is 416 g/mol. The number of nitrogens with zero attached hydrogens (tertiary/aromatic N) is 4. The first-order chi connectivity index (χ1) is 14.6. The van der Waals surface area contributed by atoms with Gasteiger partial charge in [-0.05, 0) is 38.1 Å². The summed E-state index contributed by atoms with van der Waals surface area (Å²) in [5.74, 6) is 1.80. The fraction of sp³-hybridized carbons (Fsp3) is 0.652. The number of ether oxygens (including phenoxy) is 1. The standard InChI is InChI=1S/C23H37N5O2/c1-4-27-14-8-9-19(27)17-24-23(25-18-22(29)26(2)3)28-15-12-21(13-16-28)30-20-10-6-5-7-11-20/h5-7,10-11,19,21H,4,8-9,12-18H2,1-3H3,(H,24,25). The van der Waals surface area contributed by atoms with Crippen LogP contribution in [0.5, 0.6) is 5.75 Å². The van der Waals surface area contributed by atoms with Gasteiger partial charge in [0, 0.05) is 52.6 Å². The molecule has 30 heavy (non-hydrogen) atoms. The number of piperidine rings is 1. The molecule has 0 spiro atoms. The summed E-state index contributed by atoms with van der Waals surface area (Å²) in [6.07, 6.45) is 4.59. The fourth-order valence-corrected chi connectivity index (χ4v) is 4.18. The quantitative estimate of drug-likeness (QED) is 0.546. The van der Waals surface area contributed by atoms with Crippen LogP contribution in [0.4, 0.5) is 0 Å². The third-order valence-corrected chi connectivity index (χ3v) is 6.05. The first-order valence-corrected chi connectivity index (χ1v) is 11.3. The molecule has 2 heterocycles. The third kappa shape index (κ3) is 6.36. The van der Waals surface area contributed by atoms with Gasteiger partial charge in [-0.1, -0.05) is 25.1 Å². The van der Waals surface area contributed by atoms with E-state index in [1.165, 1.54) is 19.4 Å². The molecule has 166 valence electrons. The second-order valence-corrected chi connectivity index (χ2v) is 8.35. The summed E-state index contributed by atoms with van der Waals surface area (Å²) in [5, 5.41) is 3.58. The predicted octanol–water partition coefficient (Wildman–Crippen LogP) is 2.05. The number of likely N-dealkylation sites (N-methyl/N-ethyl adjacent to an activating group) is 2.